The van der Waals surface area contributed by atoms with Crippen LogP contribution in [0.1, 0.15) is 55.2 Å². The number of carbonyl (C=O) groups is 1. The number of aromatic amines is 1. The number of nitrogens with zero attached hydrogens (tertiary/aromatic N) is 1. The maximum absolute atomic E-state index is 12.4. The van der Waals surface area contributed by atoms with Crippen molar-refractivity contribution >= 4 is 16.9 Å². The summed E-state index contributed by atoms with van der Waals surface area (Å²) in [4.78, 5) is 18.6. The molecule has 2 fully saturated rings. The van der Waals surface area contributed by atoms with E-state index in [0.717, 1.165) is 32.4 Å². The summed E-state index contributed by atoms with van der Waals surface area (Å²) in [6.45, 7) is 3.84. The van der Waals surface area contributed by atoms with Gasteiger partial charge >= 0.3 is 5.97 Å². The first kappa shape index (κ1) is 29.4. The highest BCUT2D eigenvalue weighted by molar-refractivity contribution is 5.85. The molecule has 2 aliphatic heterocycles. The molecule has 0 spiro atoms. The number of esters is 1. The smallest absolute Gasteiger partial charge is 0.311 e. The Bertz CT molecular complexity index is 1360. The summed E-state index contributed by atoms with van der Waals surface area (Å²) in [7, 11) is 4.56. The van der Waals surface area contributed by atoms with Crippen LogP contribution in [0.2, 0.25) is 0 Å². The van der Waals surface area contributed by atoms with Crippen LogP contribution in [-0.4, -0.2) is 72.6 Å². The lowest BCUT2D eigenvalue weighted by molar-refractivity contribution is -0.160. The number of hydrogen-bond acceptors (Lipinski definition) is 8. The number of benzene rings is 2. The minimum atomic E-state index is -0.755. The van der Waals surface area contributed by atoms with Gasteiger partial charge in [-0.25, -0.2) is 0 Å². The van der Waals surface area contributed by atoms with Gasteiger partial charge in [-0.2, -0.15) is 0 Å². The minimum Gasteiger partial charge on any atom is -0.497 e. The summed E-state index contributed by atoms with van der Waals surface area (Å²) in [6.07, 6.45) is 2.38. The molecule has 41 heavy (non-hydrogen) atoms. The third-order valence-corrected chi connectivity index (χ3v) is 9.28. The molecule has 3 aliphatic rings. The zero-order valence-corrected chi connectivity index (χ0v) is 24.4. The van der Waals surface area contributed by atoms with Crippen molar-refractivity contribution in [3.8, 4) is 11.5 Å². The van der Waals surface area contributed by atoms with Gasteiger partial charge in [-0.05, 0) is 74.3 Å². The average Bonchev–Trinajstić information content (AvgIpc) is 3.38. The molecule has 2 aromatic carbocycles. The van der Waals surface area contributed by atoms with Gasteiger partial charge in [0.25, 0.3) is 0 Å². The fraction of sp³-hybridized carbons (Fsp3) is 0.531. The van der Waals surface area contributed by atoms with Crippen molar-refractivity contribution in [2.75, 3.05) is 34.4 Å². The van der Waals surface area contributed by atoms with E-state index in [-0.39, 0.29) is 23.8 Å². The Morgan fingerprint density at radius 2 is 1.90 bits per heavy atom. The van der Waals surface area contributed by atoms with Crippen molar-refractivity contribution < 1.29 is 29.2 Å². The zero-order valence-electron chi connectivity index (χ0n) is 24.4. The van der Waals surface area contributed by atoms with Crippen LogP contribution >= 0.6 is 0 Å². The Kier molecular flexibility index (Phi) is 8.89. The number of piperidine rings is 1. The summed E-state index contributed by atoms with van der Waals surface area (Å²) in [5.41, 5.74) is 10.2. The van der Waals surface area contributed by atoms with Crippen LogP contribution in [0.15, 0.2) is 42.5 Å². The van der Waals surface area contributed by atoms with Crippen molar-refractivity contribution in [2.45, 2.75) is 56.9 Å². The fourth-order valence-corrected chi connectivity index (χ4v) is 7.16. The van der Waals surface area contributed by atoms with Gasteiger partial charge in [-0.1, -0.05) is 18.2 Å². The maximum atomic E-state index is 12.4. The first-order valence-corrected chi connectivity index (χ1v) is 14.5. The van der Waals surface area contributed by atoms with Crippen LogP contribution in [0.25, 0.3) is 10.9 Å². The molecule has 3 heterocycles. The van der Waals surface area contributed by atoms with E-state index in [0.29, 0.717) is 35.4 Å². The largest absolute Gasteiger partial charge is 0.497 e. The quantitative estimate of drug-likeness (QED) is 0.345. The Labute approximate surface area is 241 Å². The molecule has 7 atom stereocenters. The molecule has 9 nitrogen and oxygen atoms in total. The van der Waals surface area contributed by atoms with Crippen LogP contribution < -0.4 is 15.2 Å². The number of nitrogens with two attached hydrogens (primary N) is 1. The Hall–Kier alpha value is -3.11. The molecule has 1 aromatic heterocycles. The van der Waals surface area contributed by atoms with E-state index in [1.165, 1.54) is 29.3 Å². The number of carbonyl (C=O) groups excluding carboxylic acids is 1. The second-order valence-electron chi connectivity index (χ2n) is 11.6. The number of ether oxygens (including phenoxy) is 3. The Morgan fingerprint density at radius 3 is 2.61 bits per heavy atom. The molecule has 2 unspecified atom stereocenters. The molecule has 1 aliphatic carbocycles. The lowest BCUT2D eigenvalue weighted by atomic mass is 9.65. The molecule has 0 amide bonds. The maximum Gasteiger partial charge on any atom is 0.311 e. The fourth-order valence-electron chi connectivity index (χ4n) is 7.16. The van der Waals surface area contributed by atoms with Crippen LogP contribution in [0.5, 0.6) is 11.5 Å². The van der Waals surface area contributed by atoms with Gasteiger partial charge < -0.3 is 35.1 Å². The average molecular weight is 566 g/mol. The van der Waals surface area contributed by atoms with E-state index in [9.17, 15) is 15.0 Å². The van der Waals surface area contributed by atoms with Crippen molar-refractivity contribution in [3.05, 3.63) is 59.3 Å². The number of hydrogen-bond donors (Lipinski definition) is 4. The SMILES string of the molecule is COC(=O)[C@@H]1[C@H]2C[C@H]3c4[nH]c5ccccc5c4CCN3C[C@@H]2CC[C@@H]1O.COc1ccc(OC)c(C(O)C(C)N)c1. The van der Waals surface area contributed by atoms with Crippen LogP contribution in [0.4, 0.5) is 0 Å². The molecular weight excluding hydrogens is 522 g/mol. The van der Waals surface area contributed by atoms with Crippen molar-refractivity contribution in [1.82, 2.24) is 9.88 Å². The molecular formula is C32H43N3O6. The summed E-state index contributed by atoms with van der Waals surface area (Å²) >= 11 is 0. The second-order valence-corrected chi connectivity index (χ2v) is 11.6. The highest BCUT2D eigenvalue weighted by Gasteiger charge is 2.49. The number of aromatic nitrogens is 1. The second kappa shape index (κ2) is 12.4. The van der Waals surface area contributed by atoms with Crippen LogP contribution in [0, 0.1) is 17.8 Å². The first-order valence-electron chi connectivity index (χ1n) is 14.5. The monoisotopic (exact) mass is 565 g/mol. The molecule has 1 saturated heterocycles. The molecule has 6 rings (SSSR count). The number of methoxy groups -OCH3 is 3. The van der Waals surface area contributed by atoms with Gasteiger partial charge in [0.1, 0.15) is 11.5 Å². The molecule has 1 saturated carbocycles. The third kappa shape index (κ3) is 5.68. The van der Waals surface area contributed by atoms with Crippen molar-refractivity contribution in [1.29, 1.82) is 0 Å². The van der Waals surface area contributed by atoms with E-state index < -0.39 is 12.2 Å². The van der Waals surface area contributed by atoms with E-state index in [4.69, 9.17) is 19.9 Å². The Balaban J connectivity index is 0.000000193. The molecule has 9 heteroatoms. The number of para-hydroxylation sites is 1. The molecule has 3 aromatic rings. The number of nitrogens with one attached hydrogen (secondary N) is 1. The van der Waals surface area contributed by atoms with Gasteiger partial charge in [0, 0.05) is 41.3 Å². The number of aliphatic hydroxyl groups is 2. The van der Waals surface area contributed by atoms with Gasteiger partial charge in [0.15, 0.2) is 0 Å². The lowest BCUT2D eigenvalue weighted by Gasteiger charge is -2.50. The highest BCUT2D eigenvalue weighted by atomic mass is 16.5. The van der Waals surface area contributed by atoms with Crippen molar-refractivity contribution in [3.63, 3.8) is 0 Å². The van der Waals surface area contributed by atoms with Gasteiger partial charge in [-0.15, -0.1) is 0 Å². The number of H-pyrrole nitrogens is 1. The number of rotatable bonds is 5. The topological polar surface area (TPSA) is 130 Å². The van der Waals surface area contributed by atoms with E-state index in [2.05, 4.69) is 34.1 Å². The highest BCUT2D eigenvalue weighted by Crippen LogP contribution is 2.49. The molecule has 5 N–H and O–H groups in total. The first-order chi connectivity index (χ1) is 19.8. The normalized spacial score (nSPS) is 26.9. The number of fused-ring (bicyclic) bond motifs is 6. The van der Waals surface area contributed by atoms with Gasteiger partial charge in [0.05, 0.1) is 45.5 Å². The van der Waals surface area contributed by atoms with Gasteiger partial charge in [0.2, 0.25) is 0 Å². The van der Waals surface area contributed by atoms with Crippen molar-refractivity contribution in [2.24, 2.45) is 23.5 Å². The van der Waals surface area contributed by atoms with E-state index >= 15 is 0 Å². The summed E-state index contributed by atoms with van der Waals surface area (Å²) in [5.74, 6) is 1.34. The molecule has 0 bridgehead atoms. The number of aliphatic hydroxyl groups excluding tert-OH is 2. The van der Waals surface area contributed by atoms with E-state index in [1.807, 2.05) is 0 Å². The zero-order chi connectivity index (χ0) is 29.3. The third-order valence-electron chi connectivity index (χ3n) is 9.28. The minimum absolute atomic E-state index is 0.199. The van der Waals surface area contributed by atoms with Crippen LogP contribution in [-0.2, 0) is 16.0 Å². The predicted octanol–water partition coefficient (Wildman–Crippen LogP) is 3.73. The van der Waals surface area contributed by atoms with E-state index in [1.54, 1.807) is 39.3 Å². The summed E-state index contributed by atoms with van der Waals surface area (Å²) < 4.78 is 15.3. The molecule has 222 valence electrons. The Morgan fingerprint density at radius 1 is 1.12 bits per heavy atom. The summed E-state index contributed by atoms with van der Waals surface area (Å²) in [6, 6.07) is 13.7. The molecule has 0 radical (unpaired) electrons. The van der Waals surface area contributed by atoms with Gasteiger partial charge in [-0.3, -0.25) is 9.69 Å². The predicted molar refractivity (Wildman–Crippen MR) is 157 cm³/mol. The lowest BCUT2D eigenvalue weighted by Crippen LogP contribution is -2.53. The van der Waals surface area contributed by atoms with Crippen LogP contribution in [0.3, 0.4) is 0 Å². The summed E-state index contributed by atoms with van der Waals surface area (Å²) in [5, 5.41) is 21.7. The standard InChI is InChI=1S/C21H26N2O3.C11H17NO3/c1-26-21(25)19-15-10-17-20-14(13-4-2-3-5-16(13)22-20)8-9-23(17)11-12(15)6-7-18(19)24;1-7(12)11(13)9-6-8(14-2)4-5-10(9)15-3/h2-5,12,15,17-19,22,24H,6-11H2,1H3;4-7,11,13H,12H2,1-3H3/t12-,15-,17-,18-,19+;/m0./s1.